The van der Waals surface area contributed by atoms with Crippen molar-refractivity contribution in [2.45, 2.75) is 13.2 Å². The minimum Gasteiger partial charge on any atom is -0.445 e. The molecule has 3 aromatic rings. The third-order valence-electron chi connectivity index (χ3n) is 3.99. The first-order chi connectivity index (χ1) is 11.6. The number of nitrogens with zero attached hydrogens (tertiary/aromatic N) is 2. The summed E-state index contributed by atoms with van der Waals surface area (Å²) in [4.78, 5) is 23.7. The lowest BCUT2D eigenvalue weighted by molar-refractivity contribution is 0.139. The van der Waals surface area contributed by atoms with Crippen molar-refractivity contribution in [3.63, 3.8) is 0 Å². The minimum atomic E-state index is -0.471. The van der Waals surface area contributed by atoms with Crippen LogP contribution in [0.25, 0.3) is 11.0 Å². The molecule has 0 fully saturated rings. The molecule has 1 heterocycles. The fourth-order valence-electron chi connectivity index (χ4n) is 2.61. The Labute approximate surface area is 139 Å². The maximum atomic E-state index is 11.9. The molecule has 2 aromatic carbocycles. The summed E-state index contributed by atoms with van der Waals surface area (Å²) in [6.45, 7) is 0.575. The molecule has 0 radical (unpaired) electrons. The summed E-state index contributed by atoms with van der Waals surface area (Å²) in [5.74, 6) is 0. The van der Waals surface area contributed by atoms with Gasteiger partial charge >= 0.3 is 11.8 Å². The number of imidazole rings is 1. The highest BCUT2D eigenvalue weighted by Crippen LogP contribution is 2.14. The van der Waals surface area contributed by atoms with Gasteiger partial charge in [0.05, 0.1) is 11.0 Å². The summed E-state index contributed by atoms with van der Waals surface area (Å²) in [6.07, 6.45) is -0.471. The van der Waals surface area contributed by atoms with Crippen molar-refractivity contribution in [1.82, 2.24) is 14.5 Å². The van der Waals surface area contributed by atoms with Gasteiger partial charge in [-0.2, -0.15) is 0 Å². The second kappa shape index (κ2) is 6.62. The van der Waals surface area contributed by atoms with Crippen molar-refractivity contribution >= 4 is 17.1 Å². The van der Waals surface area contributed by atoms with Gasteiger partial charge < -0.3 is 10.1 Å². The highest BCUT2D eigenvalue weighted by atomic mass is 16.5. The van der Waals surface area contributed by atoms with Crippen molar-refractivity contribution in [3.8, 4) is 0 Å². The van der Waals surface area contributed by atoms with E-state index in [9.17, 15) is 9.59 Å². The van der Waals surface area contributed by atoms with Gasteiger partial charge in [0.25, 0.3) is 0 Å². The zero-order valence-electron chi connectivity index (χ0n) is 13.7. The van der Waals surface area contributed by atoms with E-state index >= 15 is 0 Å². The molecule has 0 saturated carbocycles. The molecule has 1 amide bonds. The predicted molar refractivity (Wildman–Crippen MR) is 91.6 cm³/mol. The Hall–Kier alpha value is -3.02. The molecule has 0 unspecified atom stereocenters. The number of rotatable bonds is 4. The van der Waals surface area contributed by atoms with Gasteiger partial charge in [-0.3, -0.25) is 9.13 Å². The van der Waals surface area contributed by atoms with Crippen molar-refractivity contribution in [3.05, 3.63) is 70.1 Å². The molecule has 0 saturated heterocycles. The van der Waals surface area contributed by atoms with E-state index in [-0.39, 0.29) is 12.3 Å². The van der Waals surface area contributed by atoms with Gasteiger partial charge in [0.15, 0.2) is 0 Å². The first-order valence-electron chi connectivity index (χ1n) is 7.65. The molecule has 0 atom stereocenters. The average Bonchev–Trinajstić information content (AvgIpc) is 2.83. The minimum absolute atomic E-state index is 0.0719. The Balaban J connectivity index is 1.62. The lowest BCUT2D eigenvalue weighted by Gasteiger charge is -2.07. The normalized spacial score (nSPS) is 10.8. The first-order valence-corrected chi connectivity index (χ1v) is 7.65. The van der Waals surface area contributed by atoms with E-state index in [1.807, 2.05) is 48.5 Å². The van der Waals surface area contributed by atoms with Crippen molar-refractivity contribution in [2.75, 3.05) is 0 Å². The van der Waals surface area contributed by atoms with Gasteiger partial charge in [0, 0.05) is 20.6 Å². The second-order valence-corrected chi connectivity index (χ2v) is 5.64. The predicted octanol–water partition coefficient (Wildman–Crippen LogP) is 2.30. The summed E-state index contributed by atoms with van der Waals surface area (Å²) >= 11 is 0. The number of hydrogen-bond donors (Lipinski definition) is 1. The van der Waals surface area contributed by atoms with Crippen LogP contribution < -0.4 is 11.0 Å². The number of benzene rings is 2. The van der Waals surface area contributed by atoms with E-state index in [1.165, 1.54) is 0 Å². The van der Waals surface area contributed by atoms with Gasteiger partial charge in [-0.25, -0.2) is 9.59 Å². The second-order valence-electron chi connectivity index (χ2n) is 5.64. The molecule has 1 aromatic heterocycles. The maximum absolute atomic E-state index is 11.9. The fraction of sp³-hybridized carbons (Fsp3) is 0.222. The Morgan fingerprint density at radius 1 is 1.00 bits per heavy atom. The summed E-state index contributed by atoms with van der Waals surface area (Å²) in [5, 5.41) is 2.72. The summed E-state index contributed by atoms with van der Waals surface area (Å²) in [6, 6.07) is 15.2. The molecule has 0 aliphatic rings. The molecule has 124 valence electrons. The SMILES string of the molecule is Cn1c(=O)n(C)c2cc(CNC(=O)OCc3ccccc3)ccc21. The van der Waals surface area contributed by atoms with E-state index in [0.717, 1.165) is 22.2 Å². The van der Waals surface area contributed by atoms with Crippen molar-refractivity contribution in [1.29, 1.82) is 0 Å². The summed E-state index contributed by atoms with van der Waals surface area (Å²) in [7, 11) is 3.47. The maximum Gasteiger partial charge on any atom is 0.407 e. The van der Waals surface area contributed by atoms with Crippen LogP contribution in [0.3, 0.4) is 0 Å². The molecule has 0 spiro atoms. The van der Waals surface area contributed by atoms with Gasteiger partial charge in [-0.1, -0.05) is 36.4 Å². The van der Waals surface area contributed by atoms with Gasteiger partial charge in [0.2, 0.25) is 0 Å². The number of amides is 1. The molecular formula is C18H19N3O3. The van der Waals surface area contributed by atoms with E-state index in [1.54, 1.807) is 23.2 Å². The van der Waals surface area contributed by atoms with Gasteiger partial charge in [-0.05, 0) is 23.3 Å². The molecule has 6 nitrogen and oxygen atoms in total. The van der Waals surface area contributed by atoms with Crippen LogP contribution in [0.4, 0.5) is 4.79 Å². The van der Waals surface area contributed by atoms with Crippen molar-refractivity contribution < 1.29 is 9.53 Å². The third-order valence-corrected chi connectivity index (χ3v) is 3.99. The molecule has 24 heavy (non-hydrogen) atoms. The lowest BCUT2D eigenvalue weighted by Crippen LogP contribution is -2.23. The van der Waals surface area contributed by atoms with E-state index < -0.39 is 6.09 Å². The van der Waals surface area contributed by atoms with Gasteiger partial charge in [-0.15, -0.1) is 0 Å². The Morgan fingerprint density at radius 3 is 2.46 bits per heavy atom. The summed E-state index contributed by atoms with van der Waals surface area (Å²) < 4.78 is 8.36. The Bertz CT molecular complexity index is 926. The van der Waals surface area contributed by atoms with Crippen LogP contribution in [-0.2, 0) is 32.0 Å². The Kier molecular flexibility index (Phi) is 4.37. The van der Waals surface area contributed by atoms with Crippen LogP contribution in [0.15, 0.2) is 53.3 Å². The lowest BCUT2D eigenvalue weighted by atomic mass is 10.2. The first kappa shape index (κ1) is 15.9. The smallest absolute Gasteiger partial charge is 0.407 e. The largest absolute Gasteiger partial charge is 0.445 e. The zero-order chi connectivity index (χ0) is 17.1. The van der Waals surface area contributed by atoms with Crippen LogP contribution in [0.5, 0.6) is 0 Å². The molecule has 6 heteroatoms. The van der Waals surface area contributed by atoms with Crippen LogP contribution in [-0.4, -0.2) is 15.2 Å². The highest BCUT2D eigenvalue weighted by molar-refractivity contribution is 5.77. The quantitative estimate of drug-likeness (QED) is 0.800. The summed E-state index contributed by atoms with van der Waals surface area (Å²) in [5.41, 5.74) is 3.46. The standard InChI is InChI=1S/C18H19N3O3/c1-20-15-9-8-14(10-16(15)21(2)18(20)23)11-19-17(22)24-12-13-6-4-3-5-7-13/h3-10H,11-12H2,1-2H3,(H,19,22). The number of alkyl carbamates (subject to hydrolysis) is 1. The molecular weight excluding hydrogens is 306 g/mol. The molecule has 0 aliphatic carbocycles. The topological polar surface area (TPSA) is 65.3 Å². The van der Waals surface area contributed by atoms with E-state index in [4.69, 9.17) is 4.74 Å². The monoisotopic (exact) mass is 325 g/mol. The number of hydrogen-bond acceptors (Lipinski definition) is 3. The molecule has 1 N–H and O–H groups in total. The molecule has 0 bridgehead atoms. The fourth-order valence-corrected chi connectivity index (χ4v) is 2.61. The molecule has 3 rings (SSSR count). The van der Waals surface area contributed by atoms with E-state index in [2.05, 4.69) is 5.32 Å². The van der Waals surface area contributed by atoms with Crippen LogP contribution >= 0.6 is 0 Å². The van der Waals surface area contributed by atoms with Crippen LogP contribution in [0.1, 0.15) is 11.1 Å². The number of aryl methyl sites for hydroxylation is 2. The van der Waals surface area contributed by atoms with E-state index in [0.29, 0.717) is 6.54 Å². The number of nitrogens with one attached hydrogen (secondary N) is 1. The average molecular weight is 325 g/mol. The molecule has 0 aliphatic heterocycles. The number of fused-ring (bicyclic) bond motifs is 1. The number of carbonyl (C=O) groups excluding carboxylic acids is 1. The van der Waals surface area contributed by atoms with Crippen molar-refractivity contribution in [2.24, 2.45) is 14.1 Å². The number of carbonyl (C=O) groups is 1. The highest BCUT2D eigenvalue weighted by Gasteiger charge is 2.09. The Morgan fingerprint density at radius 2 is 1.71 bits per heavy atom. The number of aromatic nitrogens is 2. The zero-order valence-corrected chi connectivity index (χ0v) is 13.7. The number of ether oxygens (including phenoxy) is 1. The van der Waals surface area contributed by atoms with Crippen LogP contribution in [0.2, 0.25) is 0 Å². The van der Waals surface area contributed by atoms with Gasteiger partial charge in [0.1, 0.15) is 6.61 Å². The third kappa shape index (κ3) is 3.17. The van der Waals surface area contributed by atoms with Crippen LogP contribution in [0, 0.1) is 0 Å².